The Morgan fingerprint density at radius 2 is 2.04 bits per heavy atom. The molecular formula is C17H21N3O3. The summed E-state index contributed by atoms with van der Waals surface area (Å²) in [6.07, 6.45) is 4.67. The van der Waals surface area contributed by atoms with Crippen molar-refractivity contribution >= 4 is 0 Å². The molecule has 0 saturated carbocycles. The van der Waals surface area contributed by atoms with Crippen LogP contribution in [0.2, 0.25) is 0 Å². The molecule has 2 saturated heterocycles. The molecule has 0 aromatic carbocycles. The van der Waals surface area contributed by atoms with Gasteiger partial charge >= 0.3 is 0 Å². The molecule has 0 aliphatic carbocycles. The third-order valence-corrected chi connectivity index (χ3v) is 4.48. The van der Waals surface area contributed by atoms with E-state index in [-0.39, 0.29) is 5.54 Å². The predicted octanol–water partition coefficient (Wildman–Crippen LogP) is 1.82. The molecule has 2 aliphatic heterocycles. The molecule has 2 fully saturated rings. The predicted molar refractivity (Wildman–Crippen MR) is 84.0 cm³/mol. The van der Waals surface area contributed by atoms with Crippen LogP contribution in [0.5, 0.6) is 0 Å². The SMILES string of the molecule is c1ccc(-c2cc(CC3(NC4CCOCC4)COC3)no2)nc1. The summed E-state index contributed by atoms with van der Waals surface area (Å²) in [6.45, 7) is 3.11. The van der Waals surface area contributed by atoms with E-state index in [4.69, 9.17) is 14.0 Å². The summed E-state index contributed by atoms with van der Waals surface area (Å²) in [5.74, 6) is 0.710. The van der Waals surface area contributed by atoms with Crippen molar-refractivity contribution in [3.63, 3.8) is 0 Å². The summed E-state index contributed by atoms with van der Waals surface area (Å²) < 4.78 is 16.4. The Hall–Kier alpha value is -1.76. The van der Waals surface area contributed by atoms with E-state index in [1.165, 1.54) is 0 Å². The summed E-state index contributed by atoms with van der Waals surface area (Å²) in [4.78, 5) is 4.30. The minimum Gasteiger partial charge on any atom is -0.381 e. The van der Waals surface area contributed by atoms with Gasteiger partial charge in [0.05, 0.1) is 24.4 Å². The molecule has 4 heterocycles. The molecule has 0 unspecified atom stereocenters. The maximum absolute atomic E-state index is 5.48. The summed E-state index contributed by atoms with van der Waals surface area (Å²) in [6, 6.07) is 8.23. The maximum atomic E-state index is 5.48. The van der Waals surface area contributed by atoms with Gasteiger partial charge in [-0.15, -0.1) is 0 Å². The van der Waals surface area contributed by atoms with Gasteiger partial charge in [-0.2, -0.15) is 0 Å². The maximum Gasteiger partial charge on any atom is 0.185 e. The van der Waals surface area contributed by atoms with E-state index < -0.39 is 0 Å². The number of pyridine rings is 1. The lowest BCUT2D eigenvalue weighted by Crippen LogP contribution is -2.65. The average Bonchev–Trinajstić information content (AvgIpc) is 3.03. The topological polar surface area (TPSA) is 69.4 Å². The molecule has 0 amide bonds. The highest BCUT2D eigenvalue weighted by atomic mass is 16.5. The van der Waals surface area contributed by atoms with Crippen molar-refractivity contribution in [1.29, 1.82) is 0 Å². The van der Waals surface area contributed by atoms with Crippen molar-refractivity contribution < 1.29 is 14.0 Å². The van der Waals surface area contributed by atoms with Crippen LogP contribution in [0.3, 0.4) is 0 Å². The number of aromatic nitrogens is 2. The van der Waals surface area contributed by atoms with Crippen molar-refractivity contribution in [2.75, 3.05) is 26.4 Å². The fourth-order valence-corrected chi connectivity index (χ4v) is 3.23. The van der Waals surface area contributed by atoms with Crippen molar-refractivity contribution in [3.8, 4) is 11.5 Å². The molecular weight excluding hydrogens is 294 g/mol. The highest BCUT2D eigenvalue weighted by molar-refractivity contribution is 5.51. The number of ether oxygens (including phenoxy) is 2. The third-order valence-electron chi connectivity index (χ3n) is 4.48. The summed E-state index contributed by atoms with van der Waals surface area (Å²) in [5.41, 5.74) is 1.72. The number of hydrogen-bond donors (Lipinski definition) is 1. The van der Waals surface area contributed by atoms with Gasteiger partial charge in [-0.25, -0.2) is 0 Å². The van der Waals surface area contributed by atoms with Gasteiger partial charge in [0.15, 0.2) is 5.76 Å². The monoisotopic (exact) mass is 315 g/mol. The van der Waals surface area contributed by atoms with Gasteiger partial charge in [0.25, 0.3) is 0 Å². The summed E-state index contributed by atoms with van der Waals surface area (Å²) in [5, 5.41) is 7.98. The highest BCUT2D eigenvalue weighted by Gasteiger charge is 2.41. The van der Waals surface area contributed by atoms with Gasteiger partial charge in [-0.05, 0) is 25.0 Å². The Bertz CT molecular complexity index is 634. The molecule has 0 spiro atoms. The van der Waals surface area contributed by atoms with Gasteiger partial charge in [0, 0.05) is 37.9 Å². The van der Waals surface area contributed by atoms with Crippen LogP contribution < -0.4 is 5.32 Å². The van der Waals surface area contributed by atoms with E-state index in [9.17, 15) is 0 Å². The first kappa shape index (κ1) is 14.8. The summed E-state index contributed by atoms with van der Waals surface area (Å²) in [7, 11) is 0. The molecule has 2 aromatic rings. The highest BCUT2D eigenvalue weighted by Crippen LogP contribution is 2.26. The van der Waals surface area contributed by atoms with Crippen LogP contribution in [0.4, 0.5) is 0 Å². The Labute approximate surface area is 135 Å². The van der Waals surface area contributed by atoms with Crippen molar-refractivity contribution in [2.45, 2.75) is 30.8 Å². The molecule has 2 aromatic heterocycles. The largest absolute Gasteiger partial charge is 0.381 e. The van der Waals surface area contributed by atoms with E-state index in [0.717, 1.165) is 57.1 Å². The van der Waals surface area contributed by atoms with Gasteiger partial charge in [0.1, 0.15) is 5.69 Å². The first-order chi connectivity index (χ1) is 11.3. The standard InChI is InChI=1S/C17H21N3O3/c1-2-6-18-15(3-1)16-9-14(20-23-16)10-17(11-22-12-17)19-13-4-7-21-8-5-13/h1-3,6,9,13,19H,4-5,7-8,10-12H2. The number of nitrogens with one attached hydrogen (secondary N) is 1. The van der Waals surface area contributed by atoms with E-state index in [1.807, 2.05) is 24.3 Å². The fraction of sp³-hybridized carbons (Fsp3) is 0.529. The molecule has 0 bridgehead atoms. The fourth-order valence-electron chi connectivity index (χ4n) is 3.23. The first-order valence-corrected chi connectivity index (χ1v) is 8.13. The molecule has 6 heteroatoms. The second-order valence-corrected chi connectivity index (χ2v) is 6.38. The third kappa shape index (κ3) is 3.29. The molecule has 2 aliphatic rings. The smallest absolute Gasteiger partial charge is 0.185 e. The minimum atomic E-state index is -0.0275. The molecule has 0 radical (unpaired) electrons. The zero-order valence-electron chi connectivity index (χ0n) is 13.0. The molecule has 1 N–H and O–H groups in total. The van der Waals surface area contributed by atoms with Gasteiger partial charge in [-0.1, -0.05) is 11.2 Å². The van der Waals surface area contributed by atoms with Crippen molar-refractivity contribution in [1.82, 2.24) is 15.5 Å². The van der Waals surface area contributed by atoms with Gasteiger partial charge < -0.3 is 19.3 Å². The summed E-state index contributed by atoms with van der Waals surface area (Å²) >= 11 is 0. The second-order valence-electron chi connectivity index (χ2n) is 6.38. The average molecular weight is 315 g/mol. The zero-order chi connectivity index (χ0) is 15.5. The van der Waals surface area contributed by atoms with E-state index in [2.05, 4.69) is 15.5 Å². The lowest BCUT2D eigenvalue weighted by Gasteiger charge is -2.45. The Kier molecular flexibility index (Phi) is 4.11. The normalized spacial score (nSPS) is 21.0. The Morgan fingerprint density at radius 1 is 1.17 bits per heavy atom. The molecule has 122 valence electrons. The number of hydrogen-bond acceptors (Lipinski definition) is 6. The quantitative estimate of drug-likeness (QED) is 0.907. The van der Waals surface area contributed by atoms with Crippen molar-refractivity contribution in [2.24, 2.45) is 0 Å². The van der Waals surface area contributed by atoms with Crippen LogP contribution in [0, 0.1) is 0 Å². The number of rotatable bonds is 5. The van der Waals surface area contributed by atoms with Crippen LogP contribution in [-0.2, 0) is 15.9 Å². The van der Waals surface area contributed by atoms with Crippen LogP contribution in [0.1, 0.15) is 18.5 Å². The lowest BCUT2D eigenvalue weighted by atomic mass is 9.89. The minimum absolute atomic E-state index is 0.0275. The van der Waals surface area contributed by atoms with E-state index in [0.29, 0.717) is 11.8 Å². The first-order valence-electron chi connectivity index (χ1n) is 8.13. The van der Waals surface area contributed by atoms with Gasteiger partial charge in [0.2, 0.25) is 0 Å². The molecule has 4 rings (SSSR count). The molecule has 23 heavy (non-hydrogen) atoms. The molecule has 0 atom stereocenters. The Morgan fingerprint density at radius 3 is 2.74 bits per heavy atom. The zero-order valence-corrected chi connectivity index (χ0v) is 13.0. The van der Waals surface area contributed by atoms with Crippen LogP contribution >= 0.6 is 0 Å². The van der Waals surface area contributed by atoms with E-state index in [1.54, 1.807) is 6.20 Å². The van der Waals surface area contributed by atoms with Crippen LogP contribution in [0.15, 0.2) is 35.0 Å². The second kappa shape index (κ2) is 6.39. The Balaban J connectivity index is 1.44. The lowest BCUT2D eigenvalue weighted by molar-refractivity contribution is -0.0854. The number of nitrogens with zero attached hydrogens (tertiary/aromatic N) is 2. The van der Waals surface area contributed by atoms with E-state index >= 15 is 0 Å². The van der Waals surface area contributed by atoms with Crippen LogP contribution in [0.25, 0.3) is 11.5 Å². The molecule has 6 nitrogen and oxygen atoms in total. The van der Waals surface area contributed by atoms with Gasteiger partial charge in [-0.3, -0.25) is 4.98 Å². The van der Waals surface area contributed by atoms with Crippen LogP contribution in [-0.4, -0.2) is 48.1 Å². The van der Waals surface area contributed by atoms with Crippen molar-refractivity contribution in [3.05, 3.63) is 36.2 Å².